The lowest BCUT2D eigenvalue weighted by atomic mass is 10.0. The van der Waals surface area contributed by atoms with E-state index in [4.69, 9.17) is 14.2 Å². The molecule has 1 saturated heterocycles. The minimum atomic E-state index is -1.28. The Morgan fingerprint density at radius 2 is 2.24 bits per heavy atom. The third-order valence-corrected chi connectivity index (χ3v) is 2.65. The van der Waals surface area contributed by atoms with E-state index in [1.807, 2.05) is 12.9 Å². The van der Waals surface area contributed by atoms with Crippen LogP contribution < -0.4 is 0 Å². The Morgan fingerprint density at radius 3 is 2.71 bits per heavy atom. The lowest BCUT2D eigenvalue weighted by Crippen LogP contribution is -2.29. The molecule has 0 spiro atoms. The van der Waals surface area contributed by atoms with Crippen LogP contribution in [0.25, 0.3) is 0 Å². The number of carbonyl (C=O) groups excluding carboxylic acids is 2. The van der Waals surface area contributed by atoms with E-state index in [1.54, 1.807) is 0 Å². The first kappa shape index (κ1) is 14.1. The molecule has 5 nitrogen and oxygen atoms in total. The van der Waals surface area contributed by atoms with Gasteiger partial charge in [0.1, 0.15) is 12.0 Å². The molecule has 3 unspecified atom stereocenters. The molecule has 1 rings (SSSR count). The van der Waals surface area contributed by atoms with Gasteiger partial charge >= 0.3 is 0 Å². The van der Waals surface area contributed by atoms with Gasteiger partial charge in [0.15, 0.2) is 6.29 Å². The van der Waals surface area contributed by atoms with Gasteiger partial charge in [-0.05, 0) is 13.3 Å². The number of hydrogen-bond acceptors (Lipinski definition) is 5. The lowest BCUT2D eigenvalue weighted by molar-refractivity contribution is -0.167. The first-order chi connectivity index (χ1) is 8.10. The topological polar surface area (TPSA) is 61.8 Å². The zero-order valence-corrected chi connectivity index (χ0v) is 10.4. The highest BCUT2D eigenvalue weighted by molar-refractivity contribution is 5.61. The molecular formula is C12H18O5. The molecule has 0 aromatic rings. The van der Waals surface area contributed by atoms with Crippen molar-refractivity contribution in [3.63, 3.8) is 0 Å². The molecule has 0 saturated carbocycles. The SMILES string of the molecule is CCCC1OC(C)(C=O)OC1C(=C=O)COC. The largest absolute Gasteiger partial charge is 0.379 e. The Morgan fingerprint density at radius 1 is 1.53 bits per heavy atom. The predicted molar refractivity (Wildman–Crippen MR) is 60.2 cm³/mol. The second-order valence-electron chi connectivity index (χ2n) is 4.18. The van der Waals surface area contributed by atoms with Crippen LogP contribution in [0.2, 0.25) is 0 Å². The molecule has 0 N–H and O–H groups in total. The molecule has 3 atom stereocenters. The predicted octanol–water partition coefficient (Wildman–Crippen LogP) is 0.890. The van der Waals surface area contributed by atoms with Crippen molar-refractivity contribution in [2.75, 3.05) is 13.7 Å². The smallest absolute Gasteiger partial charge is 0.223 e. The van der Waals surface area contributed by atoms with Gasteiger partial charge in [-0.2, -0.15) is 0 Å². The van der Waals surface area contributed by atoms with Gasteiger partial charge in [-0.25, -0.2) is 4.79 Å². The minimum Gasteiger partial charge on any atom is -0.379 e. The fourth-order valence-electron chi connectivity index (χ4n) is 1.89. The van der Waals surface area contributed by atoms with Crippen LogP contribution in [0.4, 0.5) is 0 Å². The zero-order valence-electron chi connectivity index (χ0n) is 10.4. The highest BCUT2D eigenvalue weighted by Crippen LogP contribution is 2.32. The van der Waals surface area contributed by atoms with Gasteiger partial charge in [0.05, 0.1) is 18.3 Å². The van der Waals surface area contributed by atoms with Gasteiger partial charge in [0, 0.05) is 7.11 Å². The molecule has 1 fully saturated rings. The van der Waals surface area contributed by atoms with E-state index in [9.17, 15) is 9.59 Å². The van der Waals surface area contributed by atoms with Gasteiger partial charge in [-0.1, -0.05) is 13.3 Å². The fraction of sp³-hybridized carbons (Fsp3) is 0.750. The first-order valence-corrected chi connectivity index (χ1v) is 5.65. The Bertz CT molecular complexity index is 321. The number of rotatable bonds is 6. The van der Waals surface area contributed by atoms with Crippen molar-refractivity contribution in [3.05, 3.63) is 5.57 Å². The molecule has 0 aliphatic carbocycles. The Hall–Kier alpha value is -1.00. The van der Waals surface area contributed by atoms with Crippen LogP contribution in [0, 0.1) is 0 Å². The van der Waals surface area contributed by atoms with Crippen molar-refractivity contribution in [2.24, 2.45) is 0 Å². The van der Waals surface area contributed by atoms with Crippen LogP contribution in [-0.2, 0) is 23.8 Å². The van der Waals surface area contributed by atoms with Gasteiger partial charge in [0.2, 0.25) is 5.79 Å². The molecule has 0 amide bonds. The van der Waals surface area contributed by atoms with Crippen molar-refractivity contribution in [2.45, 2.75) is 44.7 Å². The Labute approximate surface area is 101 Å². The van der Waals surface area contributed by atoms with Gasteiger partial charge < -0.3 is 14.2 Å². The van der Waals surface area contributed by atoms with Gasteiger partial charge in [-0.15, -0.1) is 0 Å². The molecule has 1 aliphatic rings. The van der Waals surface area contributed by atoms with E-state index in [1.165, 1.54) is 14.0 Å². The maximum absolute atomic E-state index is 10.9. The van der Waals surface area contributed by atoms with Crippen molar-refractivity contribution in [3.8, 4) is 0 Å². The third kappa shape index (κ3) is 3.23. The normalized spacial score (nSPS) is 32.2. The molecule has 0 radical (unpaired) electrons. The molecule has 5 heteroatoms. The van der Waals surface area contributed by atoms with E-state index in [0.29, 0.717) is 18.3 Å². The highest BCUT2D eigenvalue weighted by Gasteiger charge is 2.45. The van der Waals surface area contributed by atoms with E-state index in [2.05, 4.69) is 0 Å². The van der Waals surface area contributed by atoms with E-state index in [0.717, 1.165) is 6.42 Å². The summed E-state index contributed by atoms with van der Waals surface area (Å²) in [6, 6.07) is 0. The molecule has 17 heavy (non-hydrogen) atoms. The standard InChI is InChI=1S/C12H18O5/c1-4-5-10-11(9(6-13)7-15-3)17-12(2,8-14)16-10/h8,10-11H,4-5,7H2,1-3H3. The summed E-state index contributed by atoms with van der Waals surface area (Å²) < 4.78 is 15.9. The molecule has 96 valence electrons. The fourth-order valence-corrected chi connectivity index (χ4v) is 1.89. The average molecular weight is 242 g/mol. The summed E-state index contributed by atoms with van der Waals surface area (Å²) in [5.41, 5.74) is 0.344. The summed E-state index contributed by atoms with van der Waals surface area (Å²) in [6.07, 6.45) is 1.33. The second kappa shape index (κ2) is 6.07. The summed E-state index contributed by atoms with van der Waals surface area (Å²) in [5, 5.41) is 0. The van der Waals surface area contributed by atoms with Crippen molar-refractivity contribution in [1.29, 1.82) is 0 Å². The molecule has 1 heterocycles. The quantitative estimate of drug-likeness (QED) is 0.511. The lowest BCUT2D eigenvalue weighted by Gasteiger charge is -2.16. The molecular weight excluding hydrogens is 224 g/mol. The number of aldehydes is 1. The summed E-state index contributed by atoms with van der Waals surface area (Å²) in [6.45, 7) is 3.67. The molecule has 0 bridgehead atoms. The minimum absolute atomic E-state index is 0.132. The number of carbonyl (C=O) groups is 1. The average Bonchev–Trinajstić information content (AvgIpc) is 2.65. The summed E-state index contributed by atoms with van der Waals surface area (Å²) in [7, 11) is 1.49. The monoisotopic (exact) mass is 242 g/mol. The van der Waals surface area contributed by atoms with Crippen LogP contribution >= 0.6 is 0 Å². The number of ether oxygens (including phenoxy) is 3. The van der Waals surface area contributed by atoms with Crippen LogP contribution in [-0.4, -0.2) is 43.9 Å². The molecule has 1 aliphatic heterocycles. The molecule has 0 aromatic carbocycles. The summed E-state index contributed by atoms with van der Waals surface area (Å²) >= 11 is 0. The van der Waals surface area contributed by atoms with Crippen molar-refractivity contribution < 1.29 is 23.8 Å². The Balaban J connectivity index is 2.87. The third-order valence-electron chi connectivity index (χ3n) is 2.65. The van der Waals surface area contributed by atoms with Crippen molar-refractivity contribution in [1.82, 2.24) is 0 Å². The van der Waals surface area contributed by atoms with Crippen LogP contribution in [0.15, 0.2) is 5.57 Å². The van der Waals surface area contributed by atoms with Crippen LogP contribution in [0.3, 0.4) is 0 Å². The number of hydrogen-bond donors (Lipinski definition) is 0. The number of methoxy groups -OCH3 is 1. The highest BCUT2D eigenvalue weighted by atomic mass is 16.8. The summed E-state index contributed by atoms with van der Waals surface area (Å²) in [5.74, 6) is 0.538. The second-order valence-corrected chi connectivity index (χ2v) is 4.18. The van der Waals surface area contributed by atoms with E-state index < -0.39 is 11.9 Å². The zero-order chi connectivity index (χ0) is 12.9. The maximum Gasteiger partial charge on any atom is 0.223 e. The maximum atomic E-state index is 10.9. The van der Waals surface area contributed by atoms with Gasteiger partial charge in [0.25, 0.3) is 0 Å². The van der Waals surface area contributed by atoms with Crippen molar-refractivity contribution >= 4 is 12.2 Å². The van der Waals surface area contributed by atoms with E-state index in [-0.39, 0.29) is 12.7 Å². The van der Waals surface area contributed by atoms with Crippen LogP contribution in [0.5, 0.6) is 0 Å². The summed E-state index contributed by atoms with van der Waals surface area (Å²) in [4.78, 5) is 21.8. The van der Waals surface area contributed by atoms with E-state index >= 15 is 0 Å². The Kier molecular flexibility index (Phi) is 5.02. The molecule has 0 aromatic heterocycles. The van der Waals surface area contributed by atoms with Gasteiger partial charge in [-0.3, -0.25) is 4.79 Å². The first-order valence-electron chi connectivity index (χ1n) is 5.65. The van der Waals surface area contributed by atoms with Crippen LogP contribution in [0.1, 0.15) is 26.7 Å².